The van der Waals surface area contributed by atoms with Crippen molar-refractivity contribution in [2.75, 3.05) is 4.90 Å². The Labute approximate surface area is 320 Å². The SMILES string of the molecule is C1=C(c2ccccc2)CCC(N(c2ccc3c(c2)-c2ccccc2C3(c2ccccc2)c2ccccc2)c2cc3cnccc3c3c2oc2ccccc23)=C1. The average Bonchev–Trinajstić information content (AvgIpc) is 3.80. The summed E-state index contributed by atoms with van der Waals surface area (Å²) in [6, 6.07) is 61.6. The van der Waals surface area contributed by atoms with E-state index in [4.69, 9.17) is 4.42 Å². The number of furan rings is 1. The largest absolute Gasteiger partial charge is 0.454 e. The highest BCUT2D eigenvalue weighted by molar-refractivity contribution is 6.22. The molecule has 3 nitrogen and oxygen atoms in total. The highest BCUT2D eigenvalue weighted by Gasteiger charge is 2.46. The van der Waals surface area contributed by atoms with Crippen LogP contribution in [0, 0.1) is 0 Å². The number of fused-ring (bicyclic) bond motifs is 8. The minimum Gasteiger partial charge on any atom is -0.454 e. The van der Waals surface area contributed by atoms with Gasteiger partial charge in [-0.3, -0.25) is 4.98 Å². The first-order valence-electron chi connectivity index (χ1n) is 19.1. The molecule has 0 spiro atoms. The van der Waals surface area contributed by atoms with Gasteiger partial charge in [-0.15, -0.1) is 0 Å². The van der Waals surface area contributed by atoms with Gasteiger partial charge < -0.3 is 9.32 Å². The van der Waals surface area contributed by atoms with Crippen molar-refractivity contribution in [3.05, 3.63) is 228 Å². The molecule has 0 bridgehead atoms. The van der Waals surface area contributed by atoms with Gasteiger partial charge in [-0.1, -0.05) is 146 Å². The van der Waals surface area contributed by atoms with E-state index >= 15 is 0 Å². The fourth-order valence-corrected chi connectivity index (χ4v) is 9.36. The van der Waals surface area contributed by atoms with E-state index in [1.807, 2.05) is 12.4 Å². The van der Waals surface area contributed by atoms with Crippen LogP contribution in [0.3, 0.4) is 0 Å². The quantitative estimate of drug-likeness (QED) is 0.173. The summed E-state index contributed by atoms with van der Waals surface area (Å²) in [7, 11) is 0. The lowest BCUT2D eigenvalue weighted by Crippen LogP contribution is -2.28. The number of hydrogen-bond acceptors (Lipinski definition) is 3. The maximum absolute atomic E-state index is 6.87. The number of anilines is 2. The number of nitrogens with zero attached hydrogens (tertiary/aromatic N) is 2. The summed E-state index contributed by atoms with van der Waals surface area (Å²) < 4.78 is 6.87. The van der Waals surface area contributed by atoms with Gasteiger partial charge in [0.25, 0.3) is 0 Å². The fraction of sp³-hybridized carbons (Fsp3) is 0.0577. The maximum atomic E-state index is 6.87. The third-order valence-corrected chi connectivity index (χ3v) is 11.7. The first-order valence-corrected chi connectivity index (χ1v) is 19.1. The second kappa shape index (κ2) is 12.6. The maximum Gasteiger partial charge on any atom is 0.160 e. The van der Waals surface area contributed by atoms with Crippen LogP contribution in [0.5, 0.6) is 0 Å². The van der Waals surface area contributed by atoms with E-state index < -0.39 is 5.41 Å². The van der Waals surface area contributed by atoms with Crippen LogP contribution in [0.25, 0.3) is 49.4 Å². The Hall–Kier alpha value is -6.97. The van der Waals surface area contributed by atoms with Gasteiger partial charge in [0.05, 0.1) is 11.1 Å². The molecule has 0 unspecified atom stereocenters. The van der Waals surface area contributed by atoms with E-state index in [-0.39, 0.29) is 0 Å². The monoisotopic (exact) mass is 704 g/mol. The second-order valence-corrected chi connectivity index (χ2v) is 14.6. The zero-order valence-corrected chi connectivity index (χ0v) is 30.2. The van der Waals surface area contributed by atoms with E-state index in [0.29, 0.717) is 0 Å². The van der Waals surface area contributed by atoms with Crippen molar-refractivity contribution < 1.29 is 4.42 Å². The minimum absolute atomic E-state index is 0.462. The molecule has 0 saturated heterocycles. The minimum atomic E-state index is -0.462. The van der Waals surface area contributed by atoms with Gasteiger partial charge in [0.15, 0.2) is 5.58 Å². The molecule has 260 valence electrons. The summed E-state index contributed by atoms with van der Waals surface area (Å²) in [5.74, 6) is 0. The Morgan fingerprint density at radius 3 is 2.02 bits per heavy atom. The topological polar surface area (TPSA) is 29.3 Å². The number of hydrogen-bond donors (Lipinski definition) is 0. The molecule has 0 radical (unpaired) electrons. The van der Waals surface area contributed by atoms with E-state index in [1.165, 1.54) is 50.2 Å². The summed E-state index contributed by atoms with van der Waals surface area (Å²) in [4.78, 5) is 7.03. The Bertz CT molecular complexity index is 2940. The predicted octanol–water partition coefficient (Wildman–Crippen LogP) is 13.4. The van der Waals surface area contributed by atoms with Crippen molar-refractivity contribution in [3.8, 4) is 11.1 Å². The zero-order valence-electron chi connectivity index (χ0n) is 30.2. The highest BCUT2D eigenvalue weighted by atomic mass is 16.3. The molecule has 3 heteroatoms. The van der Waals surface area contributed by atoms with Gasteiger partial charge in [0.2, 0.25) is 0 Å². The van der Waals surface area contributed by atoms with Crippen molar-refractivity contribution in [3.63, 3.8) is 0 Å². The Kier molecular flexibility index (Phi) is 7.21. The van der Waals surface area contributed by atoms with Crippen molar-refractivity contribution in [1.82, 2.24) is 4.98 Å². The molecule has 9 aromatic rings. The van der Waals surface area contributed by atoms with Crippen LogP contribution < -0.4 is 4.90 Å². The van der Waals surface area contributed by atoms with Crippen molar-refractivity contribution in [2.45, 2.75) is 18.3 Å². The van der Waals surface area contributed by atoms with E-state index in [2.05, 4.69) is 192 Å². The number of rotatable bonds is 6. The molecule has 11 rings (SSSR count). The summed E-state index contributed by atoms with van der Waals surface area (Å²) in [5.41, 5.74) is 14.8. The Morgan fingerprint density at radius 2 is 1.25 bits per heavy atom. The van der Waals surface area contributed by atoms with Gasteiger partial charge in [-0.25, -0.2) is 0 Å². The van der Waals surface area contributed by atoms with E-state index in [1.54, 1.807) is 0 Å². The van der Waals surface area contributed by atoms with Crippen molar-refractivity contribution in [1.29, 1.82) is 0 Å². The molecule has 7 aromatic carbocycles. The number of aromatic nitrogens is 1. The number of allylic oxidation sites excluding steroid dienone is 4. The lowest BCUT2D eigenvalue weighted by Gasteiger charge is -2.34. The zero-order chi connectivity index (χ0) is 36.3. The molecule has 0 amide bonds. The third kappa shape index (κ3) is 4.79. The first-order chi connectivity index (χ1) is 27.3. The highest BCUT2D eigenvalue weighted by Crippen LogP contribution is 2.57. The summed E-state index contributed by atoms with van der Waals surface area (Å²) in [6.45, 7) is 0. The smallest absolute Gasteiger partial charge is 0.160 e. The van der Waals surface area contributed by atoms with Crippen LogP contribution >= 0.6 is 0 Å². The molecule has 0 atom stereocenters. The van der Waals surface area contributed by atoms with E-state index in [0.717, 1.165) is 56.9 Å². The Morgan fingerprint density at radius 1 is 0.564 bits per heavy atom. The second-order valence-electron chi connectivity index (χ2n) is 14.6. The lowest BCUT2D eigenvalue weighted by molar-refractivity contribution is 0.668. The summed E-state index contributed by atoms with van der Waals surface area (Å²) in [6.07, 6.45) is 10.3. The van der Waals surface area contributed by atoms with Crippen LogP contribution in [-0.4, -0.2) is 4.98 Å². The Balaban J connectivity index is 1.19. The molecule has 2 aliphatic carbocycles. The van der Waals surface area contributed by atoms with Gasteiger partial charge in [-0.05, 0) is 99.2 Å². The molecule has 0 fully saturated rings. The molecule has 2 heterocycles. The summed E-state index contributed by atoms with van der Waals surface area (Å²) >= 11 is 0. The van der Waals surface area contributed by atoms with Crippen LogP contribution in [-0.2, 0) is 5.41 Å². The standard InChI is InChI=1S/C52H36N2O/c1-4-14-35(15-5-1)36-24-26-40(27-25-36)54(48-32-37-34-53-31-30-42(37)50-44-21-11-13-23-49(44)55-51(48)50)41-28-29-47-45(33-41)43-20-10-12-22-46(43)52(47,38-16-6-2-7-17-38)39-18-8-3-9-19-39/h1-24,26,28-34H,25,27H2. The van der Waals surface area contributed by atoms with Gasteiger partial charge >= 0.3 is 0 Å². The number of pyridine rings is 1. The predicted molar refractivity (Wildman–Crippen MR) is 227 cm³/mol. The van der Waals surface area contributed by atoms with Crippen LogP contribution in [0.1, 0.15) is 40.7 Å². The molecule has 0 saturated carbocycles. The molecular weight excluding hydrogens is 669 g/mol. The van der Waals surface area contributed by atoms with Crippen LogP contribution in [0.4, 0.5) is 11.4 Å². The summed E-state index contributed by atoms with van der Waals surface area (Å²) in [5, 5.41) is 4.45. The van der Waals surface area contributed by atoms with E-state index in [9.17, 15) is 0 Å². The van der Waals surface area contributed by atoms with Gasteiger partial charge in [0.1, 0.15) is 5.58 Å². The number of para-hydroxylation sites is 1. The normalized spacial score (nSPS) is 14.4. The fourth-order valence-electron chi connectivity index (χ4n) is 9.36. The first kappa shape index (κ1) is 31.5. The molecule has 2 aliphatic rings. The van der Waals surface area contributed by atoms with Crippen LogP contribution in [0.2, 0.25) is 0 Å². The third-order valence-electron chi connectivity index (χ3n) is 11.7. The van der Waals surface area contributed by atoms with Crippen molar-refractivity contribution in [2.24, 2.45) is 0 Å². The van der Waals surface area contributed by atoms with Crippen LogP contribution in [0.15, 0.2) is 205 Å². The number of benzene rings is 7. The van der Waals surface area contributed by atoms with Gasteiger partial charge in [0, 0.05) is 39.9 Å². The molecule has 0 N–H and O–H groups in total. The lowest BCUT2D eigenvalue weighted by atomic mass is 9.68. The molecule has 2 aromatic heterocycles. The molecule has 0 aliphatic heterocycles. The average molecular weight is 705 g/mol. The van der Waals surface area contributed by atoms with Crippen molar-refractivity contribution >= 4 is 49.7 Å². The molecule has 55 heavy (non-hydrogen) atoms. The molecular formula is C52H36N2O. The van der Waals surface area contributed by atoms with Gasteiger partial charge in [-0.2, -0.15) is 0 Å².